The van der Waals surface area contributed by atoms with Crippen LogP contribution in [0.2, 0.25) is 0 Å². The Kier molecular flexibility index (Phi) is 3.59. The van der Waals surface area contributed by atoms with Crippen LogP contribution >= 0.6 is 0 Å². The molecule has 0 saturated carbocycles. The van der Waals surface area contributed by atoms with E-state index in [0.29, 0.717) is 5.57 Å². The quantitative estimate of drug-likeness (QED) is 0.818. The summed E-state index contributed by atoms with van der Waals surface area (Å²) in [6, 6.07) is 8.89. The molecule has 0 radical (unpaired) electrons. The van der Waals surface area contributed by atoms with E-state index in [9.17, 15) is 16.8 Å². The first-order valence-corrected chi connectivity index (χ1v) is 8.44. The van der Waals surface area contributed by atoms with E-state index in [4.69, 9.17) is 9.11 Å². The summed E-state index contributed by atoms with van der Waals surface area (Å²) in [6.07, 6.45) is 2.82. The molecule has 1 aromatic carbocycles. The summed E-state index contributed by atoms with van der Waals surface area (Å²) in [4.78, 5) is 0. The maximum Gasteiger partial charge on any atom is 0.291 e. The van der Waals surface area contributed by atoms with Crippen molar-refractivity contribution in [3.63, 3.8) is 0 Å². The Balaban J connectivity index is 2.48. The van der Waals surface area contributed by atoms with Gasteiger partial charge in [0.2, 0.25) is 4.08 Å². The largest absolute Gasteiger partial charge is 0.291 e. The van der Waals surface area contributed by atoms with Crippen LogP contribution in [0.15, 0.2) is 48.6 Å². The first-order chi connectivity index (χ1) is 9.17. The van der Waals surface area contributed by atoms with Crippen molar-refractivity contribution in [1.29, 1.82) is 0 Å². The molecule has 8 heteroatoms. The third kappa shape index (κ3) is 2.42. The Labute approximate surface area is 116 Å². The summed E-state index contributed by atoms with van der Waals surface area (Å²) in [5.74, 6) is 0. The van der Waals surface area contributed by atoms with Crippen molar-refractivity contribution < 1.29 is 25.9 Å². The van der Waals surface area contributed by atoms with Gasteiger partial charge in [0.25, 0.3) is 20.2 Å². The van der Waals surface area contributed by atoms with E-state index < -0.39 is 30.7 Å². The van der Waals surface area contributed by atoms with Crippen LogP contribution < -0.4 is 0 Å². The van der Waals surface area contributed by atoms with Crippen LogP contribution in [0.1, 0.15) is 12.0 Å². The Morgan fingerprint density at radius 1 is 0.950 bits per heavy atom. The van der Waals surface area contributed by atoms with Gasteiger partial charge in [0.1, 0.15) is 0 Å². The predicted molar refractivity (Wildman–Crippen MR) is 74.0 cm³/mol. The molecule has 0 bridgehead atoms. The summed E-state index contributed by atoms with van der Waals surface area (Å²) >= 11 is 0. The van der Waals surface area contributed by atoms with Crippen LogP contribution in [-0.4, -0.2) is 30.0 Å². The fourth-order valence-electron chi connectivity index (χ4n) is 1.97. The van der Waals surface area contributed by atoms with Gasteiger partial charge in [-0.1, -0.05) is 42.5 Å². The van der Waals surface area contributed by atoms with E-state index in [1.54, 1.807) is 30.3 Å². The molecule has 20 heavy (non-hydrogen) atoms. The average molecular weight is 316 g/mol. The van der Waals surface area contributed by atoms with E-state index >= 15 is 0 Å². The molecule has 1 aromatic rings. The molecule has 0 amide bonds. The van der Waals surface area contributed by atoms with Gasteiger partial charge in [-0.25, -0.2) is 0 Å². The van der Waals surface area contributed by atoms with Gasteiger partial charge in [0.05, 0.1) is 0 Å². The molecule has 0 atom stereocenters. The van der Waals surface area contributed by atoms with Crippen LogP contribution in [0, 0.1) is 0 Å². The molecule has 2 rings (SSSR count). The average Bonchev–Trinajstić information content (AvgIpc) is 2.37. The Bertz CT molecular complexity index is 740. The zero-order valence-corrected chi connectivity index (χ0v) is 11.8. The van der Waals surface area contributed by atoms with Crippen LogP contribution in [0.25, 0.3) is 5.57 Å². The fraction of sp³-hybridized carbons (Fsp3) is 0.167. The lowest BCUT2D eigenvalue weighted by Crippen LogP contribution is -2.44. The van der Waals surface area contributed by atoms with Gasteiger partial charge < -0.3 is 0 Å². The first-order valence-electron chi connectivity index (χ1n) is 5.56. The van der Waals surface area contributed by atoms with Crippen molar-refractivity contribution in [2.45, 2.75) is 10.5 Å². The Morgan fingerprint density at radius 3 is 1.90 bits per heavy atom. The van der Waals surface area contributed by atoms with Crippen LogP contribution in [-0.2, 0) is 20.2 Å². The molecule has 0 aliphatic heterocycles. The second-order valence-electron chi connectivity index (χ2n) is 4.32. The SMILES string of the molecule is O=S(=O)(O)C1(S(=O)(=O)O)C=CC(c2ccccc2)=CC1. The van der Waals surface area contributed by atoms with Crippen LogP contribution in [0.5, 0.6) is 0 Å². The van der Waals surface area contributed by atoms with Crippen molar-refractivity contribution in [1.82, 2.24) is 0 Å². The van der Waals surface area contributed by atoms with Crippen molar-refractivity contribution in [3.8, 4) is 0 Å². The molecule has 0 spiro atoms. The van der Waals surface area contributed by atoms with E-state index in [0.717, 1.165) is 11.6 Å². The lowest BCUT2D eigenvalue weighted by molar-refractivity contribution is 0.437. The molecule has 108 valence electrons. The number of hydrogen-bond donors (Lipinski definition) is 2. The maximum absolute atomic E-state index is 11.3. The molecule has 1 aliphatic carbocycles. The predicted octanol–water partition coefficient (Wildman–Crippen LogP) is 1.50. The summed E-state index contributed by atoms with van der Waals surface area (Å²) in [5.41, 5.74) is 1.37. The van der Waals surface area contributed by atoms with Gasteiger partial charge in [-0.15, -0.1) is 0 Å². The van der Waals surface area contributed by atoms with Crippen molar-refractivity contribution in [2.24, 2.45) is 0 Å². The van der Waals surface area contributed by atoms with Crippen molar-refractivity contribution in [3.05, 3.63) is 54.1 Å². The molecule has 0 aromatic heterocycles. The molecule has 0 unspecified atom stereocenters. The van der Waals surface area contributed by atoms with Gasteiger partial charge in [-0.3, -0.25) is 9.11 Å². The smallest absolute Gasteiger partial charge is 0.284 e. The molecule has 0 heterocycles. The molecular weight excluding hydrogens is 304 g/mol. The van der Waals surface area contributed by atoms with E-state index in [1.807, 2.05) is 0 Å². The molecule has 1 aliphatic rings. The second kappa shape index (κ2) is 4.81. The standard InChI is InChI=1S/C12H12O6S2/c13-19(14,15)12(20(16,17)18)8-6-11(7-9-12)10-4-2-1-3-5-10/h1-8H,9H2,(H,13,14,15)(H,16,17,18). The number of hydrogen-bond acceptors (Lipinski definition) is 4. The lowest BCUT2D eigenvalue weighted by atomic mass is 9.99. The summed E-state index contributed by atoms with van der Waals surface area (Å²) in [5, 5.41) is 0. The van der Waals surface area contributed by atoms with Gasteiger partial charge >= 0.3 is 0 Å². The van der Waals surface area contributed by atoms with Gasteiger partial charge in [0, 0.05) is 6.42 Å². The van der Waals surface area contributed by atoms with Gasteiger partial charge in [-0.2, -0.15) is 16.8 Å². The van der Waals surface area contributed by atoms with Gasteiger partial charge in [0.15, 0.2) is 0 Å². The third-order valence-electron chi connectivity index (χ3n) is 3.10. The maximum atomic E-state index is 11.3. The minimum Gasteiger partial charge on any atom is -0.284 e. The first kappa shape index (κ1) is 14.9. The topological polar surface area (TPSA) is 109 Å². The monoisotopic (exact) mass is 316 g/mol. The van der Waals surface area contributed by atoms with Crippen LogP contribution in [0.3, 0.4) is 0 Å². The highest BCUT2D eigenvalue weighted by Gasteiger charge is 2.52. The minimum absolute atomic E-state index is 0.564. The third-order valence-corrected chi connectivity index (χ3v) is 6.72. The summed E-state index contributed by atoms with van der Waals surface area (Å²) in [7, 11) is -10.0. The fourth-order valence-corrected chi connectivity index (χ4v) is 4.10. The highest BCUT2D eigenvalue weighted by atomic mass is 32.3. The van der Waals surface area contributed by atoms with E-state index in [-0.39, 0.29) is 0 Å². The normalized spacial score (nSPS) is 18.6. The van der Waals surface area contributed by atoms with Crippen molar-refractivity contribution in [2.75, 3.05) is 0 Å². The number of allylic oxidation sites excluding steroid dienone is 3. The Hall–Kier alpha value is -1.48. The number of benzene rings is 1. The molecular formula is C12H12O6S2. The second-order valence-corrected chi connectivity index (χ2v) is 7.94. The molecule has 6 nitrogen and oxygen atoms in total. The molecule has 2 N–H and O–H groups in total. The Morgan fingerprint density at radius 2 is 1.50 bits per heavy atom. The molecule has 0 fully saturated rings. The highest BCUT2D eigenvalue weighted by molar-refractivity contribution is 8.05. The zero-order valence-electron chi connectivity index (χ0n) is 10.2. The minimum atomic E-state index is -5.02. The van der Waals surface area contributed by atoms with Gasteiger partial charge in [-0.05, 0) is 17.2 Å². The lowest BCUT2D eigenvalue weighted by Gasteiger charge is -2.25. The number of rotatable bonds is 3. The summed E-state index contributed by atoms with van der Waals surface area (Å²) < 4.78 is 60.9. The van der Waals surface area contributed by atoms with E-state index in [1.165, 1.54) is 12.2 Å². The zero-order chi connectivity index (χ0) is 15.0. The van der Waals surface area contributed by atoms with Crippen LogP contribution in [0.4, 0.5) is 0 Å². The van der Waals surface area contributed by atoms with E-state index in [2.05, 4.69) is 0 Å². The highest BCUT2D eigenvalue weighted by Crippen LogP contribution is 2.35. The summed E-state index contributed by atoms with van der Waals surface area (Å²) in [6.45, 7) is 0. The molecule has 0 saturated heterocycles. The van der Waals surface area contributed by atoms with Crippen molar-refractivity contribution >= 4 is 25.8 Å².